The van der Waals surface area contributed by atoms with E-state index in [1.165, 1.54) is 6.33 Å². The van der Waals surface area contributed by atoms with Gasteiger partial charge in [-0.15, -0.1) is 0 Å². The number of amides is 1. The summed E-state index contributed by atoms with van der Waals surface area (Å²) in [5.74, 6) is 0.518. The van der Waals surface area contributed by atoms with Crippen molar-refractivity contribution in [1.82, 2.24) is 15.3 Å². The highest BCUT2D eigenvalue weighted by molar-refractivity contribution is 5.93. The first kappa shape index (κ1) is 14.4. The van der Waals surface area contributed by atoms with Crippen LogP contribution in [0.2, 0.25) is 0 Å². The summed E-state index contributed by atoms with van der Waals surface area (Å²) < 4.78 is 5.00. The van der Waals surface area contributed by atoms with Gasteiger partial charge in [-0.3, -0.25) is 4.79 Å². The Morgan fingerprint density at radius 2 is 2.22 bits per heavy atom. The molecule has 6 heteroatoms. The zero-order valence-electron chi connectivity index (χ0n) is 11.3. The van der Waals surface area contributed by atoms with Gasteiger partial charge >= 0.3 is 0 Å². The summed E-state index contributed by atoms with van der Waals surface area (Å²) in [4.78, 5) is 21.8. The average molecular weight is 252 g/mol. The minimum absolute atomic E-state index is 0.0853. The van der Waals surface area contributed by atoms with Gasteiger partial charge in [0.1, 0.15) is 17.8 Å². The van der Waals surface area contributed by atoms with Gasteiger partial charge in [-0.1, -0.05) is 0 Å². The molecule has 1 N–H and O–H groups in total. The van der Waals surface area contributed by atoms with E-state index < -0.39 is 0 Å². The lowest BCUT2D eigenvalue weighted by Gasteiger charge is -2.17. The van der Waals surface area contributed by atoms with Crippen LogP contribution < -0.4 is 10.2 Å². The van der Waals surface area contributed by atoms with Crippen molar-refractivity contribution in [3.05, 3.63) is 18.1 Å². The van der Waals surface area contributed by atoms with Crippen LogP contribution in [0.5, 0.6) is 0 Å². The predicted octanol–water partition coefficient (Wildman–Crippen LogP) is 0.697. The molecule has 0 aromatic carbocycles. The summed E-state index contributed by atoms with van der Waals surface area (Å²) in [6, 6.07) is 1.76. The molecule has 0 saturated heterocycles. The first-order valence-electron chi connectivity index (χ1n) is 5.87. The second-order valence-electron chi connectivity index (χ2n) is 4.30. The van der Waals surface area contributed by atoms with E-state index in [9.17, 15) is 4.79 Å². The number of likely N-dealkylation sites (N-methyl/N-ethyl adjacent to an activating group) is 1. The average Bonchev–Trinajstić information content (AvgIpc) is 2.35. The second kappa shape index (κ2) is 6.90. The molecule has 0 bridgehead atoms. The summed E-state index contributed by atoms with van der Waals surface area (Å²) in [7, 11) is 3.54. The van der Waals surface area contributed by atoms with Gasteiger partial charge in [0, 0.05) is 32.8 Å². The van der Waals surface area contributed by atoms with E-state index in [4.69, 9.17) is 4.74 Å². The largest absolute Gasteiger partial charge is 0.383 e. The summed E-state index contributed by atoms with van der Waals surface area (Å²) >= 11 is 0. The van der Waals surface area contributed by atoms with Crippen molar-refractivity contribution >= 4 is 11.7 Å². The number of anilines is 1. The fourth-order valence-electron chi connectivity index (χ4n) is 1.36. The van der Waals surface area contributed by atoms with E-state index in [2.05, 4.69) is 15.3 Å². The molecule has 0 aliphatic rings. The number of carbonyl (C=O) groups is 1. The van der Waals surface area contributed by atoms with Crippen LogP contribution in [0.15, 0.2) is 12.4 Å². The molecule has 18 heavy (non-hydrogen) atoms. The first-order valence-corrected chi connectivity index (χ1v) is 5.87. The smallest absolute Gasteiger partial charge is 0.270 e. The number of methoxy groups -OCH3 is 1. The molecule has 1 aromatic heterocycles. The molecule has 1 aromatic rings. The minimum Gasteiger partial charge on any atom is -0.383 e. The van der Waals surface area contributed by atoms with Gasteiger partial charge < -0.3 is 15.0 Å². The molecule has 6 nitrogen and oxygen atoms in total. The zero-order chi connectivity index (χ0) is 13.5. The van der Waals surface area contributed by atoms with Crippen LogP contribution in [0.1, 0.15) is 24.3 Å². The van der Waals surface area contributed by atoms with Gasteiger partial charge in [-0.05, 0) is 13.8 Å². The maximum atomic E-state index is 11.8. The van der Waals surface area contributed by atoms with E-state index in [0.717, 1.165) is 0 Å². The lowest BCUT2D eigenvalue weighted by atomic mass is 10.3. The highest BCUT2D eigenvalue weighted by Crippen LogP contribution is 2.08. The highest BCUT2D eigenvalue weighted by Gasteiger charge is 2.11. The molecule has 0 spiro atoms. The van der Waals surface area contributed by atoms with Gasteiger partial charge in [0.05, 0.1) is 6.61 Å². The van der Waals surface area contributed by atoms with E-state index in [0.29, 0.717) is 24.7 Å². The van der Waals surface area contributed by atoms with Crippen molar-refractivity contribution in [2.75, 3.05) is 32.2 Å². The van der Waals surface area contributed by atoms with Crippen molar-refractivity contribution in [3.63, 3.8) is 0 Å². The first-order chi connectivity index (χ1) is 8.54. The Morgan fingerprint density at radius 1 is 1.50 bits per heavy atom. The van der Waals surface area contributed by atoms with Gasteiger partial charge in [0.15, 0.2) is 0 Å². The van der Waals surface area contributed by atoms with E-state index in [1.807, 2.05) is 25.8 Å². The predicted molar refractivity (Wildman–Crippen MR) is 69.8 cm³/mol. The van der Waals surface area contributed by atoms with Crippen molar-refractivity contribution in [2.45, 2.75) is 19.9 Å². The van der Waals surface area contributed by atoms with Gasteiger partial charge in [-0.25, -0.2) is 9.97 Å². The molecule has 0 fully saturated rings. The molecule has 1 rings (SSSR count). The quantitative estimate of drug-likeness (QED) is 0.807. The summed E-state index contributed by atoms with van der Waals surface area (Å²) in [5.41, 5.74) is 0.373. The van der Waals surface area contributed by atoms with Crippen LogP contribution in [-0.4, -0.2) is 49.2 Å². The van der Waals surface area contributed by atoms with E-state index in [1.54, 1.807) is 13.2 Å². The van der Waals surface area contributed by atoms with Crippen molar-refractivity contribution in [2.24, 2.45) is 0 Å². The summed E-state index contributed by atoms with van der Waals surface area (Å²) in [6.45, 7) is 5.13. The Kier molecular flexibility index (Phi) is 5.51. The van der Waals surface area contributed by atoms with Crippen molar-refractivity contribution in [1.29, 1.82) is 0 Å². The SMILES string of the molecule is COCCN(C)c1cc(C(=O)NC(C)C)ncn1. The number of hydrogen-bond donors (Lipinski definition) is 1. The number of hydrogen-bond acceptors (Lipinski definition) is 5. The zero-order valence-corrected chi connectivity index (χ0v) is 11.3. The molecule has 1 heterocycles. The van der Waals surface area contributed by atoms with E-state index >= 15 is 0 Å². The number of carbonyl (C=O) groups excluding carboxylic acids is 1. The number of nitrogens with one attached hydrogen (secondary N) is 1. The minimum atomic E-state index is -0.186. The maximum Gasteiger partial charge on any atom is 0.270 e. The third-order valence-electron chi connectivity index (χ3n) is 2.33. The van der Waals surface area contributed by atoms with Crippen LogP contribution in [0, 0.1) is 0 Å². The molecule has 0 saturated carbocycles. The lowest BCUT2D eigenvalue weighted by molar-refractivity contribution is 0.0938. The standard InChI is InChI=1S/C12H20N4O2/c1-9(2)15-12(17)10-7-11(14-8-13-10)16(3)5-6-18-4/h7-9H,5-6H2,1-4H3,(H,15,17). The monoisotopic (exact) mass is 252 g/mol. The Labute approximate surface area is 107 Å². The molecule has 0 unspecified atom stereocenters. The number of ether oxygens (including phenoxy) is 1. The fourth-order valence-corrected chi connectivity index (χ4v) is 1.36. The highest BCUT2D eigenvalue weighted by atomic mass is 16.5. The molecule has 0 radical (unpaired) electrons. The molecule has 0 aliphatic heterocycles. The molecule has 0 atom stereocenters. The van der Waals surface area contributed by atoms with Gasteiger partial charge in [0.25, 0.3) is 5.91 Å². The summed E-state index contributed by atoms with van der Waals surface area (Å²) in [6.07, 6.45) is 1.40. The number of rotatable bonds is 6. The third-order valence-corrected chi connectivity index (χ3v) is 2.33. The normalized spacial score (nSPS) is 10.5. The second-order valence-corrected chi connectivity index (χ2v) is 4.30. The Hall–Kier alpha value is -1.69. The summed E-state index contributed by atoms with van der Waals surface area (Å²) in [5, 5.41) is 2.80. The van der Waals surface area contributed by atoms with Crippen molar-refractivity contribution in [3.8, 4) is 0 Å². The maximum absolute atomic E-state index is 11.8. The number of nitrogens with zero attached hydrogens (tertiary/aromatic N) is 3. The Morgan fingerprint density at radius 3 is 2.83 bits per heavy atom. The number of aromatic nitrogens is 2. The van der Waals surface area contributed by atoms with Gasteiger partial charge in [-0.2, -0.15) is 0 Å². The van der Waals surface area contributed by atoms with Crippen LogP contribution in [0.3, 0.4) is 0 Å². The van der Waals surface area contributed by atoms with Crippen LogP contribution in [-0.2, 0) is 4.74 Å². The molecule has 0 aliphatic carbocycles. The third kappa shape index (κ3) is 4.29. The van der Waals surface area contributed by atoms with Crippen molar-refractivity contribution < 1.29 is 9.53 Å². The molecule has 1 amide bonds. The molecule has 100 valence electrons. The van der Waals surface area contributed by atoms with Crippen LogP contribution >= 0.6 is 0 Å². The van der Waals surface area contributed by atoms with E-state index in [-0.39, 0.29) is 11.9 Å². The Bertz CT molecular complexity index is 395. The fraction of sp³-hybridized carbons (Fsp3) is 0.583. The Balaban J connectivity index is 2.75. The molecular formula is C12H20N4O2. The molecular weight excluding hydrogens is 232 g/mol. The van der Waals surface area contributed by atoms with Crippen LogP contribution in [0.25, 0.3) is 0 Å². The van der Waals surface area contributed by atoms with Gasteiger partial charge in [0.2, 0.25) is 0 Å². The van der Waals surface area contributed by atoms with Crippen LogP contribution in [0.4, 0.5) is 5.82 Å². The lowest BCUT2D eigenvalue weighted by Crippen LogP contribution is -2.31. The topological polar surface area (TPSA) is 67.3 Å².